The number of aromatic nitrogens is 2. The van der Waals surface area contributed by atoms with Crippen molar-refractivity contribution in [2.75, 3.05) is 5.32 Å². The molecule has 0 aliphatic carbocycles. The predicted molar refractivity (Wildman–Crippen MR) is 83.9 cm³/mol. The van der Waals surface area contributed by atoms with Crippen LogP contribution in [0.5, 0.6) is 0 Å². The number of hydrogen-bond donors (Lipinski definition) is 1. The van der Waals surface area contributed by atoms with Gasteiger partial charge in [-0.15, -0.1) is 0 Å². The maximum Gasteiger partial charge on any atom is 0.135 e. The lowest BCUT2D eigenvalue weighted by molar-refractivity contribution is 0.943. The van der Waals surface area contributed by atoms with Gasteiger partial charge in [-0.25, -0.2) is 9.97 Å². The van der Waals surface area contributed by atoms with Gasteiger partial charge in [-0.05, 0) is 40.8 Å². The molecule has 18 heavy (non-hydrogen) atoms. The Bertz CT molecular complexity index is 575. The molecule has 1 aromatic heterocycles. The second-order valence-electron chi connectivity index (χ2n) is 3.59. The molecule has 0 saturated carbocycles. The summed E-state index contributed by atoms with van der Waals surface area (Å²) < 4.78 is 1.02. The van der Waals surface area contributed by atoms with Gasteiger partial charge in [0, 0.05) is 21.1 Å². The summed E-state index contributed by atoms with van der Waals surface area (Å²) in [5, 5.41) is 4.36. The van der Waals surface area contributed by atoms with E-state index in [0.29, 0.717) is 21.8 Å². The van der Waals surface area contributed by atoms with Gasteiger partial charge in [-0.2, -0.15) is 0 Å². The molecular weight excluding hydrogens is 384 g/mol. The van der Waals surface area contributed by atoms with Crippen molar-refractivity contribution in [3.8, 4) is 0 Å². The van der Waals surface area contributed by atoms with E-state index in [-0.39, 0.29) is 0 Å². The van der Waals surface area contributed by atoms with E-state index in [1.807, 2.05) is 25.1 Å². The van der Waals surface area contributed by atoms with Crippen molar-refractivity contribution in [3.63, 3.8) is 0 Å². The quantitative estimate of drug-likeness (QED) is 0.606. The minimum atomic E-state index is 0.438. The van der Waals surface area contributed by atoms with Gasteiger partial charge < -0.3 is 5.32 Å². The Morgan fingerprint density at radius 3 is 2.67 bits per heavy atom. The van der Waals surface area contributed by atoms with Gasteiger partial charge in [-0.1, -0.05) is 30.1 Å². The van der Waals surface area contributed by atoms with Crippen LogP contribution in [0.2, 0.25) is 10.2 Å². The molecule has 0 unspecified atom stereocenters. The maximum atomic E-state index is 5.95. The second-order valence-corrected chi connectivity index (χ2v) is 5.58. The van der Waals surface area contributed by atoms with Gasteiger partial charge in [-0.3, -0.25) is 0 Å². The Hall–Kier alpha value is -0.590. The van der Waals surface area contributed by atoms with Gasteiger partial charge in [0.05, 0.1) is 5.69 Å². The number of anilines is 2. The SMILES string of the molecule is CCc1nc(Cl)cc(Nc2ccc(Cl)cc2I)n1. The third kappa shape index (κ3) is 3.46. The Morgan fingerprint density at radius 2 is 2.00 bits per heavy atom. The van der Waals surface area contributed by atoms with E-state index in [9.17, 15) is 0 Å². The van der Waals surface area contributed by atoms with Crippen molar-refractivity contribution < 1.29 is 0 Å². The molecule has 2 aromatic rings. The molecule has 1 N–H and O–H groups in total. The molecular formula is C12H10Cl2IN3. The maximum absolute atomic E-state index is 5.95. The Labute approximate surface area is 129 Å². The van der Waals surface area contributed by atoms with Gasteiger partial charge in [0.2, 0.25) is 0 Å². The van der Waals surface area contributed by atoms with E-state index in [4.69, 9.17) is 23.2 Å². The normalized spacial score (nSPS) is 10.4. The molecule has 0 spiro atoms. The number of rotatable bonds is 3. The summed E-state index contributed by atoms with van der Waals surface area (Å²) in [7, 11) is 0. The van der Waals surface area contributed by atoms with E-state index in [1.54, 1.807) is 6.07 Å². The third-order valence-corrected chi connectivity index (χ3v) is 3.57. The topological polar surface area (TPSA) is 37.8 Å². The lowest BCUT2D eigenvalue weighted by atomic mass is 10.3. The van der Waals surface area contributed by atoms with Crippen LogP contribution in [0, 0.1) is 3.57 Å². The minimum Gasteiger partial charge on any atom is -0.339 e. The van der Waals surface area contributed by atoms with Crippen molar-refractivity contribution >= 4 is 57.3 Å². The summed E-state index contributed by atoms with van der Waals surface area (Å²) in [6, 6.07) is 7.32. The first kappa shape index (κ1) is 13.8. The third-order valence-electron chi connectivity index (χ3n) is 2.25. The molecule has 0 atom stereocenters. The van der Waals surface area contributed by atoms with Crippen LogP contribution in [0.25, 0.3) is 0 Å². The Morgan fingerprint density at radius 1 is 1.22 bits per heavy atom. The molecule has 1 heterocycles. The lowest BCUT2D eigenvalue weighted by Crippen LogP contribution is -2.00. The van der Waals surface area contributed by atoms with Gasteiger partial charge >= 0.3 is 0 Å². The van der Waals surface area contributed by atoms with Crippen LogP contribution in [0.1, 0.15) is 12.7 Å². The first-order chi connectivity index (χ1) is 8.58. The standard InChI is InChI=1S/C12H10Cl2IN3/c1-2-11-17-10(14)6-12(18-11)16-9-4-3-7(13)5-8(9)15/h3-6H,2H2,1H3,(H,16,17,18). The molecule has 0 aliphatic heterocycles. The van der Waals surface area contributed by atoms with Crippen molar-refractivity contribution in [1.82, 2.24) is 9.97 Å². The van der Waals surface area contributed by atoms with Crippen LogP contribution in [-0.2, 0) is 6.42 Å². The number of aryl methyl sites for hydroxylation is 1. The highest BCUT2D eigenvalue weighted by Crippen LogP contribution is 2.25. The molecule has 0 saturated heterocycles. The van der Waals surface area contributed by atoms with Gasteiger partial charge in [0.25, 0.3) is 0 Å². The van der Waals surface area contributed by atoms with Crippen molar-refractivity contribution in [3.05, 3.63) is 43.8 Å². The van der Waals surface area contributed by atoms with Crippen molar-refractivity contribution in [1.29, 1.82) is 0 Å². The fraction of sp³-hybridized carbons (Fsp3) is 0.167. The lowest BCUT2D eigenvalue weighted by Gasteiger charge is -2.09. The zero-order chi connectivity index (χ0) is 13.1. The highest BCUT2D eigenvalue weighted by molar-refractivity contribution is 14.1. The van der Waals surface area contributed by atoms with E-state index >= 15 is 0 Å². The molecule has 6 heteroatoms. The Kier molecular flexibility index (Phi) is 4.64. The van der Waals surface area contributed by atoms with Crippen molar-refractivity contribution in [2.45, 2.75) is 13.3 Å². The van der Waals surface area contributed by atoms with Crippen molar-refractivity contribution in [2.24, 2.45) is 0 Å². The molecule has 0 amide bonds. The first-order valence-electron chi connectivity index (χ1n) is 5.34. The summed E-state index contributed by atoms with van der Waals surface area (Å²) >= 11 is 14.1. The summed E-state index contributed by atoms with van der Waals surface area (Å²) in [6.45, 7) is 1.99. The average Bonchev–Trinajstić information content (AvgIpc) is 2.32. The first-order valence-corrected chi connectivity index (χ1v) is 7.17. The second kappa shape index (κ2) is 6.04. The minimum absolute atomic E-state index is 0.438. The highest BCUT2D eigenvalue weighted by Gasteiger charge is 2.05. The monoisotopic (exact) mass is 393 g/mol. The van der Waals surface area contributed by atoms with Crippen LogP contribution in [0.15, 0.2) is 24.3 Å². The van der Waals surface area contributed by atoms with Crippen LogP contribution < -0.4 is 5.32 Å². The molecule has 0 fully saturated rings. The van der Waals surface area contributed by atoms with Gasteiger partial charge in [0.15, 0.2) is 0 Å². The summed E-state index contributed by atoms with van der Waals surface area (Å²) in [6.07, 6.45) is 0.743. The number of nitrogens with zero attached hydrogens (tertiary/aromatic N) is 2. The molecule has 3 nitrogen and oxygen atoms in total. The fourth-order valence-electron chi connectivity index (χ4n) is 1.42. The molecule has 2 rings (SSSR count). The predicted octanol–water partition coefficient (Wildman–Crippen LogP) is 4.69. The zero-order valence-corrected chi connectivity index (χ0v) is 13.2. The van der Waals surface area contributed by atoms with E-state index in [0.717, 1.165) is 15.7 Å². The molecule has 0 aliphatic rings. The number of nitrogens with one attached hydrogen (secondary N) is 1. The molecule has 94 valence electrons. The van der Waals surface area contributed by atoms with Gasteiger partial charge in [0.1, 0.15) is 16.8 Å². The number of benzene rings is 1. The smallest absolute Gasteiger partial charge is 0.135 e. The molecule has 0 radical (unpaired) electrons. The average molecular weight is 394 g/mol. The molecule has 0 bridgehead atoms. The Balaban J connectivity index is 2.30. The van der Waals surface area contributed by atoms with Crippen LogP contribution >= 0.6 is 45.8 Å². The van der Waals surface area contributed by atoms with Crippen LogP contribution in [0.3, 0.4) is 0 Å². The highest BCUT2D eigenvalue weighted by atomic mass is 127. The fourth-order valence-corrected chi connectivity index (χ4v) is 2.62. The van der Waals surface area contributed by atoms with Crippen LogP contribution in [0.4, 0.5) is 11.5 Å². The van der Waals surface area contributed by atoms with E-state index < -0.39 is 0 Å². The molecule has 1 aromatic carbocycles. The zero-order valence-electron chi connectivity index (χ0n) is 9.54. The summed E-state index contributed by atoms with van der Waals surface area (Å²) in [5.74, 6) is 1.40. The van der Waals surface area contributed by atoms with Crippen LogP contribution in [-0.4, -0.2) is 9.97 Å². The number of halogens is 3. The van der Waals surface area contributed by atoms with E-state index in [1.165, 1.54) is 0 Å². The largest absolute Gasteiger partial charge is 0.339 e. The summed E-state index contributed by atoms with van der Waals surface area (Å²) in [4.78, 5) is 8.49. The summed E-state index contributed by atoms with van der Waals surface area (Å²) in [5.41, 5.74) is 0.941. The van der Waals surface area contributed by atoms with E-state index in [2.05, 4.69) is 37.9 Å². The number of hydrogen-bond acceptors (Lipinski definition) is 3.